The Morgan fingerprint density at radius 3 is 2.58 bits per heavy atom. The van der Waals surface area contributed by atoms with E-state index >= 15 is 0 Å². The normalized spacial score (nSPS) is 31.0. The molecule has 1 heterocycles. The maximum atomic E-state index is 12.2. The minimum absolute atomic E-state index is 0.00493. The molecular weight excluding hydrogens is 290 g/mol. The molecule has 1 amide bonds. The van der Waals surface area contributed by atoms with Crippen LogP contribution < -0.4 is 0 Å². The van der Waals surface area contributed by atoms with E-state index in [9.17, 15) is 18.0 Å². The van der Waals surface area contributed by atoms with Gasteiger partial charge in [0.25, 0.3) is 0 Å². The van der Waals surface area contributed by atoms with Crippen LogP contribution in [0.15, 0.2) is 0 Å². The minimum atomic E-state index is -3.32. The molecule has 1 unspecified atom stereocenters. The van der Waals surface area contributed by atoms with E-state index in [1.165, 1.54) is 16.7 Å². The highest BCUT2D eigenvalue weighted by molar-refractivity contribution is 8.01. The van der Waals surface area contributed by atoms with E-state index < -0.39 is 33.0 Å². The largest absolute Gasteiger partial charge is 0.481 e. The van der Waals surface area contributed by atoms with Crippen molar-refractivity contribution in [1.29, 1.82) is 0 Å². The second kappa shape index (κ2) is 5.32. The van der Waals surface area contributed by atoms with Gasteiger partial charge in [-0.2, -0.15) is 11.8 Å². The zero-order valence-electron chi connectivity index (χ0n) is 10.6. The fraction of sp³-hybridized carbons (Fsp3) is 0.818. The molecule has 8 heteroatoms. The van der Waals surface area contributed by atoms with E-state index in [-0.39, 0.29) is 11.7 Å². The fourth-order valence-corrected chi connectivity index (χ4v) is 5.25. The average molecular weight is 307 g/mol. The summed E-state index contributed by atoms with van der Waals surface area (Å²) >= 11 is 1.52. The van der Waals surface area contributed by atoms with Gasteiger partial charge >= 0.3 is 5.97 Å². The van der Waals surface area contributed by atoms with Crippen LogP contribution in [0, 0.1) is 11.8 Å². The number of carboxylic acid groups (broad SMARTS) is 1. The second-order valence-electron chi connectivity index (χ2n) is 4.80. The molecule has 1 saturated carbocycles. The van der Waals surface area contributed by atoms with Crippen LogP contribution in [-0.4, -0.2) is 59.5 Å². The first-order chi connectivity index (χ1) is 8.88. The lowest BCUT2D eigenvalue weighted by molar-refractivity contribution is -0.142. The number of nitrogens with zero attached hydrogens (tertiary/aromatic N) is 1. The van der Waals surface area contributed by atoms with Crippen LogP contribution in [0.2, 0.25) is 0 Å². The minimum Gasteiger partial charge on any atom is -0.481 e. The highest BCUT2D eigenvalue weighted by Crippen LogP contribution is 2.41. The number of amides is 1. The molecule has 108 valence electrons. The number of carbonyl (C=O) groups is 2. The molecule has 2 aliphatic rings. The summed E-state index contributed by atoms with van der Waals surface area (Å²) in [7, 11) is -3.32. The van der Waals surface area contributed by atoms with Crippen LogP contribution >= 0.6 is 11.8 Å². The van der Waals surface area contributed by atoms with E-state index in [0.29, 0.717) is 24.5 Å². The Hall–Kier alpha value is -0.760. The number of thioether (sulfide) groups is 1. The molecule has 2 rings (SSSR count). The summed E-state index contributed by atoms with van der Waals surface area (Å²) in [5.74, 6) is -1.37. The third kappa shape index (κ3) is 2.89. The van der Waals surface area contributed by atoms with E-state index in [0.717, 1.165) is 0 Å². The van der Waals surface area contributed by atoms with Crippen LogP contribution in [0.1, 0.15) is 13.3 Å². The molecule has 1 saturated heterocycles. The SMILES string of the molecule is CCS(=O)(=O)C1CSCCN1C(=O)[C@@H]1C[C@@H]1C(=O)O. The Balaban J connectivity index is 2.13. The second-order valence-corrected chi connectivity index (χ2v) is 8.40. The van der Waals surface area contributed by atoms with Gasteiger partial charge in [0.05, 0.1) is 11.8 Å². The van der Waals surface area contributed by atoms with Crippen molar-refractivity contribution in [2.45, 2.75) is 18.7 Å². The highest BCUT2D eigenvalue weighted by Gasteiger charge is 2.52. The maximum absolute atomic E-state index is 12.2. The zero-order chi connectivity index (χ0) is 14.2. The summed E-state index contributed by atoms with van der Waals surface area (Å²) in [5.41, 5.74) is 0. The highest BCUT2D eigenvalue weighted by atomic mass is 32.2. The molecule has 0 aromatic heterocycles. The van der Waals surface area contributed by atoms with Gasteiger partial charge < -0.3 is 10.0 Å². The van der Waals surface area contributed by atoms with Crippen molar-refractivity contribution in [2.75, 3.05) is 23.8 Å². The predicted octanol–water partition coefficient (Wildman–Crippen LogP) is 0.0433. The molecule has 0 aromatic rings. The number of rotatable bonds is 4. The number of aliphatic carboxylic acids is 1. The van der Waals surface area contributed by atoms with Crippen molar-refractivity contribution in [1.82, 2.24) is 4.90 Å². The first kappa shape index (κ1) is 14.6. The van der Waals surface area contributed by atoms with E-state index in [2.05, 4.69) is 0 Å². The molecule has 6 nitrogen and oxygen atoms in total. The molecule has 0 bridgehead atoms. The molecule has 1 aliphatic carbocycles. The van der Waals surface area contributed by atoms with Crippen molar-refractivity contribution < 1.29 is 23.1 Å². The monoisotopic (exact) mass is 307 g/mol. The summed E-state index contributed by atoms with van der Waals surface area (Å²) in [5, 5.41) is 8.06. The van der Waals surface area contributed by atoms with Gasteiger partial charge in [0.1, 0.15) is 5.37 Å². The Kier molecular flexibility index (Phi) is 4.10. The average Bonchev–Trinajstić information content (AvgIpc) is 3.18. The van der Waals surface area contributed by atoms with Gasteiger partial charge in [0.15, 0.2) is 9.84 Å². The van der Waals surface area contributed by atoms with E-state index in [4.69, 9.17) is 5.11 Å². The first-order valence-electron chi connectivity index (χ1n) is 6.21. The fourth-order valence-electron chi connectivity index (χ4n) is 2.28. The summed E-state index contributed by atoms with van der Waals surface area (Å²) < 4.78 is 24.0. The lowest BCUT2D eigenvalue weighted by Gasteiger charge is -2.34. The van der Waals surface area contributed by atoms with E-state index in [1.54, 1.807) is 6.92 Å². The van der Waals surface area contributed by atoms with Crippen molar-refractivity contribution in [2.24, 2.45) is 11.8 Å². The maximum Gasteiger partial charge on any atom is 0.307 e. The number of sulfone groups is 1. The third-order valence-corrected chi connectivity index (χ3v) is 6.90. The number of hydrogen-bond acceptors (Lipinski definition) is 5. The standard InChI is InChI=1S/C11H17NO5S2/c1-2-19(16,17)9-6-18-4-3-12(9)10(13)7-5-8(7)11(14)15/h7-9H,2-6H2,1H3,(H,14,15)/t7-,8+,9?/m1/s1. The van der Waals surface area contributed by atoms with Gasteiger partial charge in [-0.15, -0.1) is 0 Å². The van der Waals surface area contributed by atoms with Crippen LogP contribution in [-0.2, 0) is 19.4 Å². The first-order valence-corrected chi connectivity index (χ1v) is 9.08. The van der Waals surface area contributed by atoms with E-state index in [1.807, 2.05) is 0 Å². The number of hydrogen-bond donors (Lipinski definition) is 1. The van der Waals surface area contributed by atoms with Crippen molar-refractivity contribution >= 4 is 33.5 Å². The van der Waals surface area contributed by atoms with Gasteiger partial charge in [-0.25, -0.2) is 8.42 Å². The Morgan fingerprint density at radius 1 is 1.37 bits per heavy atom. The Bertz CT molecular complexity index is 489. The van der Waals surface area contributed by atoms with Gasteiger partial charge in [0, 0.05) is 23.8 Å². The van der Waals surface area contributed by atoms with Gasteiger partial charge in [0.2, 0.25) is 5.91 Å². The van der Waals surface area contributed by atoms with Gasteiger partial charge in [-0.3, -0.25) is 9.59 Å². The molecule has 19 heavy (non-hydrogen) atoms. The van der Waals surface area contributed by atoms with Crippen molar-refractivity contribution in [3.63, 3.8) is 0 Å². The summed E-state index contributed by atoms with van der Waals surface area (Å²) in [6.45, 7) is 1.95. The zero-order valence-corrected chi connectivity index (χ0v) is 12.2. The van der Waals surface area contributed by atoms with Crippen molar-refractivity contribution in [3.8, 4) is 0 Å². The van der Waals surface area contributed by atoms with Crippen LogP contribution in [0.25, 0.3) is 0 Å². The smallest absolute Gasteiger partial charge is 0.307 e. The van der Waals surface area contributed by atoms with Crippen molar-refractivity contribution in [3.05, 3.63) is 0 Å². The lowest BCUT2D eigenvalue weighted by Crippen LogP contribution is -2.51. The summed E-state index contributed by atoms with van der Waals surface area (Å²) in [4.78, 5) is 24.4. The quantitative estimate of drug-likeness (QED) is 0.788. The van der Waals surface area contributed by atoms with Gasteiger partial charge in [-0.1, -0.05) is 6.92 Å². The Labute approximate surface area is 116 Å². The molecule has 0 aromatic carbocycles. The summed E-state index contributed by atoms with van der Waals surface area (Å²) in [6, 6.07) is 0. The van der Waals surface area contributed by atoms with Crippen LogP contribution in [0.3, 0.4) is 0 Å². The molecule has 0 spiro atoms. The molecule has 1 N–H and O–H groups in total. The van der Waals surface area contributed by atoms with Gasteiger partial charge in [-0.05, 0) is 6.42 Å². The lowest BCUT2D eigenvalue weighted by atomic mass is 10.2. The molecule has 1 aliphatic heterocycles. The molecule has 3 atom stereocenters. The Morgan fingerprint density at radius 2 is 2.05 bits per heavy atom. The molecular formula is C11H17NO5S2. The van der Waals surface area contributed by atoms with Crippen LogP contribution in [0.5, 0.6) is 0 Å². The van der Waals surface area contributed by atoms with Crippen LogP contribution in [0.4, 0.5) is 0 Å². The third-order valence-electron chi connectivity index (χ3n) is 3.61. The topological polar surface area (TPSA) is 91.8 Å². The number of carbonyl (C=O) groups excluding carboxylic acids is 1. The predicted molar refractivity (Wildman–Crippen MR) is 71.5 cm³/mol. The molecule has 2 fully saturated rings. The summed E-state index contributed by atoms with van der Waals surface area (Å²) in [6.07, 6.45) is 0.330. The number of carboxylic acids is 1. The molecule has 0 radical (unpaired) electrons.